The number of benzene rings is 9. The number of fused-ring (bicyclic) bond motifs is 5. The lowest BCUT2D eigenvalue weighted by Gasteiger charge is -2.27. The van der Waals surface area contributed by atoms with Gasteiger partial charge in [0.05, 0.1) is 50.7 Å². The van der Waals surface area contributed by atoms with Crippen molar-refractivity contribution in [1.29, 1.82) is 0 Å². The van der Waals surface area contributed by atoms with Crippen molar-refractivity contribution in [2.24, 2.45) is 0 Å². The number of nitrogens with zero attached hydrogens (tertiary/aromatic N) is 1. The maximum Gasteiger partial charge on any atom is 0.135 e. The van der Waals surface area contributed by atoms with Crippen LogP contribution < -0.4 is 9.64 Å². The highest BCUT2D eigenvalue weighted by Gasteiger charge is 2.24. The van der Waals surface area contributed by atoms with Crippen molar-refractivity contribution < 1.29 is 55.5 Å². The molecule has 10 rings (SSSR count). The fourth-order valence-electron chi connectivity index (χ4n) is 5.45. The van der Waals surface area contributed by atoms with Crippen LogP contribution in [0.3, 0.4) is 0 Å². The van der Waals surface area contributed by atoms with Crippen LogP contribution >= 0.6 is 0 Å². The van der Waals surface area contributed by atoms with Crippen LogP contribution in [0.5, 0.6) is 11.5 Å². The molecule has 264 valence electrons. The fraction of sp³-hybridized carbons (Fsp3) is 0. The van der Waals surface area contributed by atoms with Gasteiger partial charge in [0.15, 0.2) is 0 Å². The second kappa shape index (κ2) is 14.4. The Kier molecular flexibility index (Phi) is 3.17. The van der Waals surface area contributed by atoms with Gasteiger partial charge < -0.3 is 9.64 Å². The first-order valence-electron chi connectivity index (χ1n) is 34.6. The van der Waals surface area contributed by atoms with E-state index in [0.717, 1.165) is 0 Å². The molecule has 0 radical (unpaired) electrons. The number of hydrogen-bond donors (Lipinski definition) is 0. The summed E-state index contributed by atoms with van der Waals surface area (Å²) in [7, 11) is 0. The van der Waals surface area contributed by atoms with Gasteiger partial charge in [-0.3, -0.25) is 0 Å². The smallest absolute Gasteiger partial charge is 0.135 e. The second-order valence-corrected chi connectivity index (χ2v) is 11.3. The first-order chi connectivity index (χ1) is 43.2. The van der Waals surface area contributed by atoms with E-state index in [-0.39, 0.29) is 4.90 Å². The van der Waals surface area contributed by atoms with Crippen molar-refractivity contribution in [3.05, 3.63) is 224 Å². The molecule has 0 aliphatic carbocycles. The zero-order chi connectivity index (χ0) is 69.5. The molecule has 0 bridgehead atoms. The zero-order valence-corrected chi connectivity index (χ0v) is 27.9. The van der Waals surface area contributed by atoms with Gasteiger partial charge in [-0.05, 0) is 116 Å². The quantitative estimate of drug-likeness (QED) is 0.161. The molecule has 0 fully saturated rings. The molecule has 0 atom stereocenters. The summed E-state index contributed by atoms with van der Waals surface area (Å²) in [6, 6.07) is -42.6. The van der Waals surface area contributed by atoms with Crippen molar-refractivity contribution in [1.82, 2.24) is 0 Å². The molecule has 0 saturated heterocycles. The molecule has 1 aliphatic heterocycles. The highest BCUT2D eigenvalue weighted by molar-refractivity contribution is 5.95. The van der Waals surface area contributed by atoms with Crippen molar-refractivity contribution >= 4 is 17.1 Å². The van der Waals surface area contributed by atoms with E-state index in [1.54, 1.807) is 0 Å². The summed E-state index contributed by atoms with van der Waals surface area (Å²) in [4.78, 5) is 0.199. The van der Waals surface area contributed by atoms with Crippen LogP contribution in [0.25, 0.3) is 66.8 Å². The summed E-state index contributed by atoms with van der Waals surface area (Å²) in [6.45, 7) is 0. The average Bonchev–Trinajstić information content (AvgIpc) is 1.69. The Morgan fingerprint density at radius 3 is 1.16 bits per heavy atom. The van der Waals surface area contributed by atoms with E-state index in [1.165, 1.54) is 0 Å². The number of ether oxygens (including phenoxy) is 1. The summed E-state index contributed by atoms with van der Waals surface area (Å²) in [5, 5.41) is 0. The third-order valence-electron chi connectivity index (χ3n) is 7.95. The van der Waals surface area contributed by atoms with Gasteiger partial charge in [-0.2, -0.15) is 0 Å². The first-order valence-corrected chi connectivity index (χ1v) is 16.1. The predicted octanol–water partition coefficient (Wildman–Crippen LogP) is 15.3. The third-order valence-corrected chi connectivity index (χ3v) is 7.95. The van der Waals surface area contributed by atoms with E-state index in [2.05, 4.69) is 0 Å². The van der Waals surface area contributed by atoms with E-state index >= 15 is 0 Å². The molecular formula is C54H37NO. The maximum atomic E-state index is 10.4. The average molecular weight is 753 g/mol. The summed E-state index contributed by atoms with van der Waals surface area (Å²) in [5.74, 6) is -2.29. The van der Waals surface area contributed by atoms with E-state index in [4.69, 9.17) is 32.2 Å². The summed E-state index contributed by atoms with van der Waals surface area (Å²) in [6.07, 6.45) is 0. The highest BCUT2D eigenvalue weighted by atomic mass is 16.5. The lowest BCUT2D eigenvalue weighted by Crippen LogP contribution is -2.10. The van der Waals surface area contributed by atoms with Gasteiger partial charge in [0.25, 0.3) is 0 Å². The predicted molar refractivity (Wildman–Crippen MR) is 234 cm³/mol. The third kappa shape index (κ3) is 6.34. The van der Waals surface area contributed by atoms with E-state index in [9.17, 15) is 23.3 Å². The van der Waals surface area contributed by atoms with Crippen LogP contribution in [0, 0.1) is 0 Å². The Hall–Kier alpha value is -7.42. The van der Waals surface area contributed by atoms with Gasteiger partial charge in [-0.1, -0.05) is 163 Å². The molecule has 2 nitrogen and oxygen atoms in total. The lowest BCUT2D eigenvalue weighted by atomic mass is 9.90. The molecule has 2 heteroatoms. The van der Waals surface area contributed by atoms with Crippen molar-refractivity contribution in [3.8, 4) is 78.3 Å². The van der Waals surface area contributed by atoms with Crippen LogP contribution in [0.15, 0.2) is 224 Å². The normalized spacial score (nSPS) is 20.6. The van der Waals surface area contributed by atoms with Gasteiger partial charge in [0, 0.05) is 28.2 Å². The fourth-order valence-corrected chi connectivity index (χ4v) is 5.45. The Bertz CT molecular complexity index is 4670. The van der Waals surface area contributed by atoms with Crippen molar-refractivity contribution in [3.63, 3.8) is 0 Å². The highest BCUT2D eigenvalue weighted by Crippen LogP contribution is 2.50. The molecule has 1 heterocycles. The van der Waals surface area contributed by atoms with Gasteiger partial charge >= 0.3 is 0 Å². The Morgan fingerprint density at radius 1 is 0.268 bits per heavy atom. The summed E-state index contributed by atoms with van der Waals surface area (Å²) in [5.41, 5.74) is -15.7. The molecule has 56 heavy (non-hydrogen) atoms. The van der Waals surface area contributed by atoms with E-state index in [1.807, 2.05) is 0 Å². The molecule has 9 aromatic carbocycles. The van der Waals surface area contributed by atoms with Crippen LogP contribution in [-0.2, 0) is 0 Å². The second-order valence-electron chi connectivity index (χ2n) is 11.3. The Labute approximate surface area is 380 Å². The molecule has 0 unspecified atom stereocenters. The molecule has 0 saturated carbocycles. The minimum Gasteiger partial charge on any atom is -0.456 e. The molecular weight excluding hydrogens is 679 g/mol. The zero-order valence-electron chi connectivity index (χ0n) is 64.9. The summed E-state index contributed by atoms with van der Waals surface area (Å²) < 4.78 is 341. The number of rotatable bonds is 7. The molecule has 1 aliphatic rings. The van der Waals surface area contributed by atoms with Gasteiger partial charge in [0.1, 0.15) is 11.5 Å². The largest absolute Gasteiger partial charge is 0.456 e. The topological polar surface area (TPSA) is 12.5 Å². The minimum atomic E-state index is -1.44. The molecule has 0 N–H and O–H groups in total. The number of hydrogen-bond acceptors (Lipinski definition) is 2. The van der Waals surface area contributed by atoms with Crippen LogP contribution in [-0.4, -0.2) is 0 Å². The monoisotopic (exact) mass is 753 g/mol. The SMILES string of the molecule is [2H]c1c([2H])c([2H])c(-c2c([2H])c([2H])c(N(c3c([2H])c([2H])c(-c4c([2H])c([2H])c([2H])c([2H])c4[2H])c([2H])c3[2H])c3c([2H])c([2H])c4c(c3[2H])-c3c([2H])c(-c5c([2H])c([2H])c([2H])c([2H])c5[2H])c([2H])c([2H])c3-c3c([2H])c([2H])c(-c5c([2H])c([2H])c([2H])c([2H])c5[2H])c([2H])c3O4)c([2H])c2[2H])c([2H])c1[2H]. The molecule has 9 aromatic rings. The maximum absolute atomic E-state index is 10.4. The van der Waals surface area contributed by atoms with Crippen molar-refractivity contribution in [2.45, 2.75) is 0 Å². The van der Waals surface area contributed by atoms with Gasteiger partial charge in [0.2, 0.25) is 0 Å². The van der Waals surface area contributed by atoms with Crippen molar-refractivity contribution in [2.75, 3.05) is 4.90 Å². The minimum absolute atomic E-state index is 0.199. The Morgan fingerprint density at radius 2 is 0.661 bits per heavy atom. The Balaban J connectivity index is 1.46. The molecule has 0 spiro atoms. The van der Waals surface area contributed by atoms with Gasteiger partial charge in [-0.15, -0.1) is 0 Å². The van der Waals surface area contributed by atoms with Gasteiger partial charge in [-0.25, -0.2) is 0 Å². The lowest BCUT2D eigenvalue weighted by molar-refractivity contribution is 0.488. The van der Waals surface area contributed by atoms with Crippen LogP contribution in [0.1, 0.15) is 50.7 Å². The molecule has 0 aromatic heterocycles. The summed E-state index contributed by atoms with van der Waals surface area (Å²) >= 11 is 0. The molecule has 0 amide bonds. The van der Waals surface area contributed by atoms with E-state index in [0.29, 0.717) is 0 Å². The number of anilines is 3. The van der Waals surface area contributed by atoms with Crippen LogP contribution in [0.4, 0.5) is 17.1 Å². The van der Waals surface area contributed by atoms with E-state index < -0.39 is 319 Å². The van der Waals surface area contributed by atoms with Crippen LogP contribution in [0.2, 0.25) is 0 Å². The standard InChI is InChI=1S/C54H37NO/c1-5-13-38(14-6-1)42-21-27-46(28-22-42)55(47-29-23-43(24-30-47)39-15-7-2-8-16-39)48-31-34-53-52(37-48)51-35-44(40-17-9-3-10-18-40)25-32-49(51)50-33-26-45(36-54(50)56-53)41-19-11-4-12-20-41/h1-37H/i1D,2D,3D,4D,5D,6D,7D,8D,9D,10D,11D,12D,13D,14D,15D,16D,17D,18D,19D,20D,21D,22D,23D,24D,25D,26D,27D,28D,29D,30D,31D,32D,33D,34D,35D,36D,37D. The first kappa shape index (κ1) is 12.3.